The van der Waals surface area contributed by atoms with Gasteiger partial charge in [-0.05, 0) is 12.1 Å². The minimum atomic E-state index is -0.266. The molecular formula is C8H7NS2. The Morgan fingerprint density at radius 1 is 1.36 bits per heavy atom. The second kappa shape index (κ2) is 4.32. The maximum atomic E-state index is 8.45. The smallest absolute Gasteiger partial charge is 0.139 e. The summed E-state index contributed by atoms with van der Waals surface area (Å²) in [5.74, 6) is 0. The van der Waals surface area contributed by atoms with Crippen molar-refractivity contribution in [2.24, 2.45) is 0 Å². The van der Waals surface area contributed by atoms with Gasteiger partial charge in [0, 0.05) is 4.90 Å². The number of nitriles is 1. The summed E-state index contributed by atoms with van der Waals surface area (Å²) in [5.41, 5.74) is 0. The summed E-state index contributed by atoms with van der Waals surface area (Å²) in [6.45, 7) is 0. The van der Waals surface area contributed by atoms with E-state index in [4.69, 9.17) is 5.26 Å². The van der Waals surface area contributed by atoms with E-state index in [0.717, 1.165) is 4.90 Å². The van der Waals surface area contributed by atoms with Crippen LogP contribution in [0, 0.1) is 11.3 Å². The largest absolute Gasteiger partial charge is 0.196 e. The molecule has 0 saturated carbocycles. The lowest BCUT2D eigenvalue weighted by Gasteiger charge is -1.99. The Morgan fingerprint density at radius 2 is 2.00 bits per heavy atom. The molecule has 1 unspecified atom stereocenters. The molecule has 0 aliphatic rings. The second-order valence-corrected chi connectivity index (χ2v) is 3.96. The van der Waals surface area contributed by atoms with E-state index in [9.17, 15) is 0 Å². The van der Waals surface area contributed by atoms with Crippen LogP contribution in [0.15, 0.2) is 35.2 Å². The van der Waals surface area contributed by atoms with Crippen LogP contribution >= 0.6 is 24.4 Å². The van der Waals surface area contributed by atoms with Crippen LogP contribution in [0.5, 0.6) is 0 Å². The van der Waals surface area contributed by atoms with Gasteiger partial charge in [0.25, 0.3) is 0 Å². The molecule has 0 N–H and O–H groups in total. The summed E-state index contributed by atoms with van der Waals surface area (Å²) in [7, 11) is 0. The highest BCUT2D eigenvalue weighted by molar-refractivity contribution is 8.10. The number of benzene rings is 1. The zero-order chi connectivity index (χ0) is 8.10. The lowest BCUT2D eigenvalue weighted by Crippen LogP contribution is -1.83. The van der Waals surface area contributed by atoms with Crippen molar-refractivity contribution >= 4 is 24.4 Å². The van der Waals surface area contributed by atoms with Crippen molar-refractivity contribution in [2.45, 2.75) is 9.48 Å². The van der Waals surface area contributed by atoms with Crippen LogP contribution < -0.4 is 0 Å². The molecular weight excluding hydrogens is 174 g/mol. The Hall–Kier alpha value is -0.590. The predicted molar refractivity (Wildman–Crippen MR) is 50.7 cm³/mol. The molecule has 0 spiro atoms. The molecule has 0 aromatic heterocycles. The van der Waals surface area contributed by atoms with Crippen molar-refractivity contribution in [3.8, 4) is 6.07 Å². The van der Waals surface area contributed by atoms with E-state index in [-0.39, 0.29) is 4.58 Å². The third-order valence-electron chi connectivity index (χ3n) is 1.10. The molecule has 0 aliphatic carbocycles. The van der Waals surface area contributed by atoms with E-state index in [1.807, 2.05) is 36.4 Å². The summed E-state index contributed by atoms with van der Waals surface area (Å²) >= 11 is 5.49. The number of hydrogen-bond acceptors (Lipinski definition) is 3. The fraction of sp³-hybridized carbons (Fsp3) is 0.125. The molecule has 0 saturated heterocycles. The topological polar surface area (TPSA) is 23.8 Å². The number of hydrogen-bond donors (Lipinski definition) is 1. The van der Waals surface area contributed by atoms with Gasteiger partial charge in [0.15, 0.2) is 0 Å². The summed E-state index contributed by atoms with van der Waals surface area (Å²) in [6, 6.07) is 11.8. The molecule has 1 atom stereocenters. The SMILES string of the molecule is N#CC(S)Sc1ccccc1. The Kier molecular flexibility index (Phi) is 3.34. The van der Waals surface area contributed by atoms with Crippen molar-refractivity contribution in [1.82, 2.24) is 0 Å². The van der Waals surface area contributed by atoms with Crippen LogP contribution in [0.25, 0.3) is 0 Å². The lowest BCUT2D eigenvalue weighted by molar-refractivity contribution is 1.43. The summed E-state index contributed by atoms with van der Waals surface area (Å²) in [4.78, 5) is 1.08. The monoisotopic (exact) mass is 181 g/mol. The molecule has 1 aromatic carbocycles. The quantitative estimate of drug-likeness (QED) is 0.430. The van der Waals surface area contributed by atoms with Crippen LogP contribution in [-0.2, 0) is 0 Å². The van der Waals surface area contributed by atoms with Crippen molar-refractivity contribution in [3.63, 3.8) is 0 Å². The van der Waals surface area contributed by atoms with Gasteiger partial charge in [-0.3, -0.25) is 0 Å². The normalized spacial score (nSPS) is 12.0. The Balaban J connectivity index is 2.60. The molecule has 1 nitrogen and oxygen atoms in total. The minimum Gasteiger partial charge on any atom is -0.196 e. The highest BCUT2D eigenvalue weighted by Gasteiger charge is 2.00. The van der Waals surface area contributed by atoms with Gasteiger partial charge in [-0.15, -0.1) is 12.6 Å². The molecule has 11 heavy (non-hydrogen) atoms. The van der Waals surface area contributed by atoms with Gasteiger partial charge in [-0.25, -0.2) is 0 Å². The maximum absolute atomic E-state index is 8.45. The lowest BCUT2D eigenvalue weighted by atomic mass is 10.4. The standard InChI is InChI=1S/C8H7NS2/c9-6-8(10)11-7-4-2-1-3-5-7/h1-5,8,10H. The molecule has 0 amide bonds. The van der Waals surface area contributed by atoms with Crippen molar-refractivity contribution < 1.29 is 0 Å². The summed E-state index contributed by atoms with van der Waals surface area (Å²) in [6.07, 6.45) is 0. The first kappa shape index (κ1) is 8.51. The number of thioether (sulfide) groups is 1. The molecule has 1 aromatic rings. The molecule has 0 radical (unpaired) electrons. The zero-order valence-corrected chi connectivity index (χ0v) is 7.48. The molecule has 3 heteroatoms. The molecule has 0 aliphatic heterocycles. The molecule has 1 rings (SSSR count). The van der Waals surface area contributed by atoms with Gasteiger partial charge in [-0.2, -0.15) is 5.26 Å². The number of nitrogens with zero attached hydrogens (tertiary/aromatic N) is 1. The van der Waals surface area contributed by atoms with Gasteiger partial charge < -0.3 is 0 Å². The summed E-state index contributed by atoms with van der Waals surface area (Å²) < 4.78 is -0.266. The van der Waals surface area contributed by atoms with E-state index >= 15 is 0 Å². The first-order valence-electron chi connectivity index (χ1n) is 3.12. The van der Waals surface area contributed by atoms with E-state index in [0.29, 0.717) is 0 Å². The molecule has 0 bridgehead atoms. The Labute approximate surface area is 75.8 Å². The Morgan fingerprint density at radius 3 is 2.55 bits per heavy atom. The van der Waals surface area contributed by atoms with E-state index in [1.165, 1.54) is 11.8 Å². The third kappa shape index (κ3) is 2.87. The maximum Gasteiger partial charge on any atom is 0.139 e. The molecule has 0 heterocycles. The van der Waals surface area contributed by atoms with E-state index in [2.05, 4.69) is 12.6 Å². The minimum absolute atomic E-state index is 0.266. The van der Waals surface area contributed by atoms with Gasteiger partial charge >= 0.3 is 0 Å². The molecule has 0 fully saturated rings. The third-order valence-corrected chi connectivity index (χ3v) is 2.41. The van der Waals surface area contributed by atoms with Crippen LogP contribution in [0.2, 0.25) is 0 Å². The van der Waals surface area contributed by atoms with Crippen molar-refractivity contribution in [1.29, 1.82) is 5.26 Å². The fourth-order valence-corrected chi connectivity index (χ4v) is 1.64. The van der Waals surface area contributed by atoms with Gasteiger partial charge in [0.1, 0.15) is 4.58 Å². The first-order valence-corrected chi connectivity index (χ1v) is 4.52. The van der Waals surface area contributed by atoms with Crippen LogP contribution in [0.3, 0.4) is 0 Å². The average Bonchev–Trinajstić information content (AvgIpc) is 2.06. The van der Waals surface area contributed by atoms with Crippen LogP contribution in [0.1, 0.15) is 0 Å². The first-order chi connectivity index (χ1) is 5.33. The highest BCUT2D eigenvalue weighted by Crippen LogP contribution is 2.24. The highest BCUT2D eigenvalue weighted by atomic mass is 32.2. The van der Waals surface area contributed by atoms with Crippen LogP contribution in [-0.4, -0.2) is 4.58 Å². The molecule has 56 valence electrons. The van der Waals surface area contributed by atoms with E-state index < -0.39 is 0 Å². The van der Waals surface area contributed by atoms with Crippen LogP contribution in [0.4, 0.5) is 0 Å². The van der Waals surface area contributed by atoms with E-state index in [1.54, 1.807) is 0 Å². The zero-order valence-electron chi connectivity index (χ0n) is 5.77. The Bertz CT molecular complexity index is 253. The average molecular weight is 181 g/mol. The second-order valence-electron chi connectivity index (χ2n) is 1.91. The van der Waals surface area contributed by atoms with Gasteiger partial charge in [0.2, 0.25) is 0 Å². The predicted octanol–water partition coefficient (Wildman–Crippen LogP) is 2.56. The number of thiol groups is 1. The number of rotatable bonds is 2. The van der Waals surface area contributed by atoms with Gasteiger partial charge in [0.05, 0.1) is 6.07 Å². The summed E-state index contributed by atoms with van der Waals surface area (Å²) in [5, 5.41) is 8.45. The van der Waals surface area contributed by atoms with Crippen molar-refractivity contribution in [3.05, 3.63) is 30.3 Å². The fourth-order valence-electron chi connectivity index (χ4n) is 0.654. The van der Waals surface area contributed by atoms with Gasteiger partial charge in [-0.1, -0.05) is 30.0 Å². The van der Waals surface area contributed by atoms with Crippen molar-refractivity contribution in [2.75, 3.05) is 0 Å².